The molecule has 0 bridgehead atoms. The van der Waals surface area contributed by atoms with Crippen LogP contribution in [0.4, 0.5) is 15.8 Å². The molecule has 3 aromatic heterocycles. The van der Waals surface area contributed by atoms with E-state index < -0.39 is 11.9 Å². The van der Waals surface area contributed by atoms with Gasteiger partial charge >= 0.3 is 0 Å². The maximum Gasteiger partial charge on any atom is 0.193 e. The molecule has 0 radical (unpaired) electrons. The average Bonchev–Trinajstić information content (AvgIpc) is 3.44. The number of rotatable bonds is 8. The summed E-state index contributed by atoms with van der Waals surface area (Å²) in [6.45, 7) is 12.1. The number of halogens is 1. The van der Waals surface area contributed by atoms with Crippen molar-refractivity contribution in [2.75, 3.05) is 36.0 Å². The highest BCUT2D eigenvalue weighted by Gasteiger charge is 2.28. The molecule has 2 aliphatic heterocycles. The fourth-order valence-corrected chi connectivity index (χ4v) is 6.76. The Kier molecular flexibility index (Phi) is 8.69. The minimum Gasteiger partial charge on any atom is -0.391 e. The molecule has 9 heteroatoms. The van der Waals surface area contributed by atoms with Crippen molar-refractivity contribution < 1.29 is 9.50 Å². The maximum absolute atomic E-state index is 15.6. The first-order valence-corrected chi connectivity index (χ1v) is 15.8. The molecule has 6 rings (SSSR count). The largest absolute Gasteiger partial charge is 0.391 e. The molecule has 2 fully saturated rings. The van der Waals surface area contributed by atoms with E-state index >= 15 is 4.39 Å². The Morgan fingerprint density at radius 1 is 1.00 bits per heavy atom. The van der Waals surface area contributed by atoms with Crippen LogP contribution in [0, 0.1) is 19.7 Å². The van der Waals surface area contributed by atoms with Crippen molar-refractivity contribution >= 4 is 22.3 Å². The number of aryl methyl sites for hydroxylation is 2. The maximum atomic E-state index is 15.6. The van der Waals surface area contributed by atoms with Crippen molar-refractivity contribution in [2.45, 2.75) is 78.2 Å². The number of anilines is 2. The van der Waals surface area contributed by atoms with E-state index in [2.05, 4.69) is 56.4 Å². The van der Waals surface area contributed by atoms with Gasteiger partial charge < -0.3 is 19.5 Å². The highest BCUT2D eigenvalue weighted by molar-refractivity contribution is 5.84. The van der Waals surface area contributed by atoms with Crippen LogP contribution in [0.3, 0.4) is 0 Å². The van der Waals surface area contributed by atoms with E-state index in [-0.39, 0.29) is 17.5 Å². The number of benzene rings is 1. The summed E-state index contributed by atoms with van der Waals surface area (Å²) in [5.41, 5.74) is 5.92. The Balaban J connectivity index is 1.37. The summed E-state index contributed by atoms with van der Waals surface area (Å²) in [5.74, 6) is -0.421. The van der Waals surface area contributed by atoms with Gasteiger partial charge in [0, 0.05) is 86.1 Å². The van der Waals surface area contributed by atoms with Gasteiger partial charge in [0.15, 0.2) is 5.43 Å². The van der Waals surface area contributed by atoms with Crippen molar-refractivity contribution in [1.82, 2.24) is 19.4 Å². The summed E-state index contributed by atoms with van der Waals surface area (Å²) < 4.78 is 17.7. The van der Waals surface area contributed by atoms with Crippen LogP contribution < -0.4 is 15.2 Å². The lowest BCUT2D eigenvalue weighted by Crippen LogP contribution is -2.48. The zero-order chi connectivity index (χ0) is 31.0. The van der Waals surface area contributed by atoms with E-state index in [0.29, 0.717) is 49.2 Å². The van der Waals surface area contributed by atoms with Gasteiger partial charge in [0.25, 0.3) is 0 Å². The summed E-state index contributed by atoms with van der Waals surface area (Å²) in [7, 11) is 0. The van der Waals surface area contributed by atoms with Gasteiger partial charge in [-0.1, -0.05) is 0 Å². The molecule has 0 spiro atoms. The smallest absolute Gasteiger partial charge is 0.193 e. The third-order valence-electron chi connectivity index (χ3n) is 9.13. The molecule has 2 aliphatic rings. The molecule has 232 valence electrons. The number of aliphatic hydroxyl groups excluding tert-OH is 1. The van der Waals surface area contributed by atoms with Crippen LogP contribution in [0.1, 0.15) is 61.7 Å². The zero-order valence-electron chi connectivity index (χ0n) is 26.2. The normalized spacial score (nSPS) is 19.1. The Morgan fingerprint density at radius 2 is 1.84 bits per heavy atom. The van der Waals surface area contributed by atoms with Gasteiger partial charge in [0.05, 0.1) is 29.2 Å². The Morgan fingerprint density at radius 3 is 2.55 bits per heavy atom. The van der Waals surface area contributed by atoms with Gasteiger partial charge in [-0.05, 0) is 88.9 Å². The monoisotopic (exact) mass is 598 g/mol. The fourth-order valence-electron chi connectivity index (χ4n) is 6.76. The average molecular weight is 599 g/mol. The summed E-state index contributed by atoms with van der Waals surface area (Å²) in [6.07, 6.45) is 7.97. The predicted molar refractivity (Wildman–Crippen MR) is 174 cm³/mol. The molecular weight excluding hydrogens is 555 g/mol. The highest BCUT2D eigenvalue weighted by atomic mass is 19.1. The molecule has 2 saturated heterocycles. The quantitative estimate of drug-likeness (QED) is 0.292. The van der Waals surface area contributed by atoms with E-state index in [1.165, 1.54) is 6.07 Å². The third-order valence-corrected chi connectivity index (χ3v) is 9.13. The number of piperidine rings is 1. The lowest BCUT2D eigenvalue weighted by atomic mass is 10.0. The molecule has 4 aromatic rings. The molecule has 2 atom stereocenters. The minimum absolute atomic E-state index is 0.0647. The first-order chi connectivity index (χ1) is 21.2. The van der Waals surface area contributed by atoms with Gasteiger partial charge in [-0.15, -0.1) is 0 Å². The molecule has 0 amide bonds. The molecule has 1 N–H and O–H groups in total. The predicted octanol–water partition coefficient (Wildman–Crippen LogP) is 5.37. The second kappa shape index (κ2) is 12.7. The summed E-state index contributed by atoms with van der Waals surface area (Å²) in [4.78, 5) is 29.7. The number of β-amino-alcohol motifs (C(OH)–C–C–N with tert-alkyl or cyclic N) is 1. The van der Waals surface area contributed by atoms with E-state index in [1.54, 1.807) is 6.07 Å². The molecule has 0 aliphatic carbocycles. The summed E-state index contributed by atoms with van der Waals surface area (Å²) >= 11 is 0. The molecule has 44 heavy (non-hydrogen) atoms. The Hall–Kier alpha value is -3.82. The molecular formula is C35H43FN6O2. The van der Waals surface area contributed by atoms with Crippen molar-refractivity contribution in [3.8, 4) is 0 Å². The standard InChI is InChI=1S/C35H43FN6O2/c1-23(2)42-20-27(35(44)31-15-32(36)34(16-33(31)42)40-13-10-30(43)22-40)19-41(18-26-9-11-37-25(4)14-26)29-6-5-12-39(21-29)28-8-7-24(3)38-17-28/h7-9,11,14-17,20,23,29-30,43H,5-6,10,12-13,18-19,21-22H2,1-4H3/t29-,30+/m0/s1. The number of hydrogen-bond donors (Lipinski definition) is 1. The first-order valence-electron chi connectivity index (χ1n) is 15.8. The molecule has 0 unspecified atom stereocenters. The van der Waals surface area contributed by atoms with E-state index in [4.69, 9.17) is 0 Å². The van der Waals surface area contributed by atoms with Crippen LogP contribution >= 0.6 is 0 Å². The van der Waals surface area contributed by atoms with E-state index in [0.717, 1.165) is 54.1 Å². The van der Waals surface area contributed by atoms with Gasteiger partial charge in [-0.25, -0.2) is 4.39 Å². The van der Waals surface area contributed by atoms with Crippen LogP contribution in [0.5, 0.6) is 0 Å². The number of aliphatic hydroxyl groups is 1. The number of pyridine rings is 3. The van der Waals surface area contributed by atoms with Gasteiger partial charge in [0.1, 0.15) is 5.82 Å². The van der Waals surface area contributed by atoms with Crippen LogP contribution in [-0.4, -0.2) is 62.9 Å². The summed E-state index contributed by atoms with van der Waals surface area (Å²) in [5, 5.41) is 10.5. The van der Waals surface area contributed by atoms with Crippen LogP contribution in [0.25, 0.3) is 10.9 Å². The first kappa shape index (κ1) is 30.2. The van der Waals surface area contributed by atoms with Crippen LogP contribution in [0.2, 0.25) is 0 Å². The molecule has 0 saturated carbocycles. The van der Waals surface area contributed by atoms with Gasteiger partial charge in [-0.2, -0.15) is 0 Å². The van der Waals surface area contributed by atoms with Gasteiger partial charge in [0.2, 0.25) is 0 Å². The Labute approximate surface area is 258 Å². The summed E-state index contributed by atoms with van der Waals surface area (Å²) in [6, 6.07) is 11.8. The van der Waals surface area contributed by atoms with Crippen molar-refractivity contribution in [2.24, 2.45) is 0 Å². The number of hydrogen-bond acceptors (Lipinski definition) is 7. The lowest BCUT2D eigenvalue weighted by Gasteiger charge is -2.40. The second-order valence-electron chi connectivity index (χ2n) is 12.8. The van der Waals surface area contributed by atoms with E-state index in [1.807, 2.05) is 43.4 Å². The number of fused-ring (bicyclic) bond motifs is 1. The highest BCUT2D eigenvalue weighted by Crippen LogP contribution is 2.30. The van der Waals surface area contributed by atoms with E-state index in [9.17, 15) is 9.90 Å². The number of aromatic nitrogens is 3. The third kappa shape index (κ3) is 6.35. The van der Waals surface area contributed by atoms with Crippen LogP contribution in [-0.2, 0) is 13.1 Å². The molecule has 8 nitrogen and oxygen atoms in total. The van der Waals surface area contributed by atoms with Crippen molar-refractivity contribution in [1.29, 1.82) is 0 Å². The van der Waals surface area contributed by atoms with Crippen molar-refractivity contribution in [3.63, 3.8) is 0 Å². The SMILES string of the molecule is Cc1ccc(N2CCC[C@H](N(Cc3ccnc(C)c3)Cc3cn(C(C)C)c4cc(N5CC[C@@H](O)C5)c(F)cc4c3=O)C2)cn1. The zero-order valence-corrected chi connectivity index (χ0v) is 26.2. The Bertz CT molecular complexity index is 1690. The van der Waals surface area contributed by atoms with Crippen LogP contribution in [0.15, 0.2) is 59.8 Å². The molecule has 5 heterocycles. The second-order valence-corrected chi connectivity index (χ2v) is 12.8. The minimum atomic E-state index is -0.465. The molecule has 1 aromatic carbocycles. The fraction of sp³-hybridized carbons (Fsp3) is 0.457. The van der Waals surface area contributed by atoms with Gasteiger partial charge in [-0.3, -0.25) is 19.7 Å². The van der Waals surface area contributed by atoms with Crippen molar-refractivity contribution in [3.05, 3.63) is 93.5 Å². The topological polar surface area (TPSA) is 77.7 Å². The number of nitrogens with zero attached hydrogens (tertiary/aromatic N) is 6. The lowest BCUT2D eigenvalue weighted by molar-refractivity contribution is 0.158.